The lowest BCUT2D eigenvalue weighted by Gasteiger charge is -2.38. The van der Waals surface area contributed by atoms with Crippen LogP contribution in [0.5, 0.6) is 5.75 Å². The molecule has 0 aliphatic carbocycles. The molecule has 1 amide bonds. The summed E-state index contributed by atoms with van der Waals surface area (Å²) >= 11 is 0. The highest BCUT2D eigenvalue weighted by Crippen LogP contribution is 2.37. The number of hydrogen-bond acceptors (Lipinski definition) is 8. The topological polar surface area (TPSA) is 98.7 Å². The second kappa shape index (κ2) is 10.9. The number of aliphatic hydroxyl groups excluding tert-OH is 1. The lowest BCUT2D eigenvalue weighted by Crippen LogP contribution is -2.50. The van der Waals surface area contributed by atoms with Crippen molar-refractivity contribution in [3.63, 3.8) is 0 Å². The molecule has 220 valence electrons. The first-order chi connectivity index (χ1) is 20.2. The third-order valence-corrected chi connectivity index (χ3v) is 7.76. The van der Waals surface area contributed by atoms with Crippen molar-refractivity contribution in [1.29, 1.82) is 0 Å². The molecule has 10 nitrogen and oxygen atoms in total. The van der Waals surface area contributed by atoms with Gasteiger partial charge in [0.05, 0.1) is 37.3 Å². The Hall–Kier alpha value is -4.20. The van der Waals surface area contributed by atoms with Crippen LogP contribution in [-0.4, -0.2) is 82.0 Å². The van der Waals surface area contributed by atoms with E-state index in [1.807, 2.05) is 24.3 Å². The number of halogens is 3. The number of hydrogen-bond donors (Lipinski definition) is 1. The summed E-state index contributed by atoms with van der Waals surface area (Å²) in [5.41, 5.74) is 1.16. The monoisotopic (exact) mass is 582 g/mol. The molecule has 2 saturated heterocycles. The van der Waals surface area contributed by atoms with Crippen molar-refractivity contribution < 1.29 is 32.6 Å². The number of ether oxygens (including phenoxy) is 1. The fraction of sp³-hybridized carbons (Fsp3) is 0.345. The summed E-state index contributed by atoms with van der Waals surface area (Å²) in [5.74, 6) is 0.106. The number of rotatable bonds is 7. The van der Waals surface area contributed by atoms with Crippen LogP contribution in [0.15, 0.2) is 54.7 Å². The normalized spacial score (nSPS) is 16.6. The zero-order valence-electron chi connectivity index (χ0n) is 23.0. The molecule has 1 N–H and O–H groups in total. The Kier molecular flexibility index (Phi) is 7.25. The number of nitrogens with zero attached hydrogens (tertiary/aromatic N) is 6. The number of aliphatic hydroxyl groups is 1. The number of carbonyl (C=O) groups excluding carboxylic acids is 1. The van der Waals surface area contributed by atoms with E-state index in [-0.39, 0.29) is 35.1 Å². The van der Waals surface area contributed by atoms with E-state index in [2.05, 4.69) is 15.0 Å². The highest BCUT2D eigenvalue weighted by Gasteiger charge is 2.39. The maximum Gasteiger partial charge on any atom is 0.433 e. The first kappa shape index (κ1) is 27.9. The van der Waals surface area contributed by atoms with Crippen LogP contribution < -0.4 is 9.80 Å². The van der Waals surface area contributed by atoms with Gasteiger partial charge in [0, 0.05) is 37.3 Å². The Morgan fingerprint density at radius 1 is 1.12 bits per heavy atom. The van der Waals surface area contributed by atoms with Crippen LogP contribution >= 0.6 is 0 Å². The average molecular weight is 583 g/mol. The van der Waals surface area contributed by atoms with Gasteiger partial charge in [0.2, 0.25) is 0 Å². The molecule has 0 radical (unpaired) electrons. The van der Waals surface area contributed by atoms with Gasteiger partial charge in [0.25, 0.3) is 5.91 Å². The molecule has 13 heteroatoms. The zero-order valence-corrected chi connectivity index (χ0v) is 23.0. The third kappa shape index (κ3) is 5.14. The fourth-order valence-electron chi connectivity index (χ4n) is 5.49. The summed E-state index contributed by atoms with van der Waals surface area (Å²) < 4.78 is 48.7. The molecule has 2 aromatic heterocycles. The van der Waals surface area contributed by atoms with Crippen molar-refractivity contribution in [1.82, 2.24) is 24.4 Å². The van der Waals surface area contributed by atoms with E-state index >= 15 is 0 Å². The number of hydroxylamine groups is 1. The van der Waals surface area contributed by atoms with Crippen molar-refractivity contribution in [3.05, 3.63) is 77.1 Å². The van der Waals surface area contributed by atoms with E-state index in [4.69, 9.17) is 9.57 Å². The molecule has 1 atom stereocenters. The molecule has 0 saturated carbocycles. The van der Waals surface area contributed by atoms with Gasteiger partial charge in [-0.3, -0.25) is 9.69 Å². The fourth-order valence-corrected chi connectivity index (χ4v) is 5.49. The van der Waals surface area contributed by atoms with E-state index in [0.29, 0.717) is 48.7 Å². The van der Waals surface area contributed by atoms with Crippen molar-refractivity contribution in [2.75, 3.05) is 51.7 Å². The SMILES string of the molecule is COc1ccc(-c2nc3c(C(=O)N4CCN([C@H](CO)c5cccc(N6CO6)c5)CC4)cnn3c(C(F)(F)F)c2C)cc1. The van der Waals surface area contributed by atoms with Crippen molar-refractivity contribution in [2.24, 2.45) is 0 Å². The van der Waals surface area contributed by atoms with Gasteiger partial charge >= 0.3 is 6.18 Å². The van der Waals surface area contributed by atoms with Gasteiger partial charge in [-0.25, -0.2) is 19.4 Å². The molecular formula is C29H29F3N6O4. The lowest BCUT2D eigenvalue weighted by molar-refractivity contribution is -0.143. The summed E-state index contributed by atoms with van der Waals surface area (Å²) in [7, 11) is 1.50. The largest absolute Gasteiger partial charge is 0.497 e. The number of amides is 1. The standard InChI is InChI=1S/C29H29F3N6O4/c1-18-25(19-6-8-22(41-2)9-7-19)34-27-23(15-33-38(27)26(18)29(30,31)32)28(40)36-12-10-35(11-13-36)24(16-39)20-4-3-5-21(14-20)37-17-42-37/h3-9,14-15,24,39H,10-13,16-17H2,1-2H3/t24-,37?/m1/s1. The van der Waals surface area contributed by atoms with Crippen molar-refractivity contribution >= 4 is 17.2 Å². The predicted molar refractivity (Wildman–Crippen MR) is 147 cm³/mol. The number of methoxy groups -OCH3 is 1. The van der Waals surface area contributed by atoms with Gasteiger partial charge in [-0.15, -0.1) is 0 Å². The molecule has 6 rings (SSSR count). The van der Waals surface area contributed by atoms with Gasteiger partial charge in [-0.1, -0.05) is 12.1 Å². The van der Waals surface area contributed by atoms with Gasteiger partial charge in [-0.05, 0) is 48.9 Å². The molecule has 42 heavy (non-hydrogen) atoms. The minimum Gasteiger partial charge on any atom is -0.497 e. The van der Waals surface area contributed by atoms with E-state index in [1.165, 1.54) is 14.0 Å². The number of benzene rings is 2. The first-order valence-corrected chi connectivity index (χ1v) is 13.4. The lowest BCUT2D eigenvalue weighted by atomic mass is 10.0. The predicted octanol–water partition coefficient (Wildman–Crippen LogP) is 3.93. The van der Waals surface area contributed by atoms with Crippen LogP contribution in [0.1, 0.15) is 33.2 Å². The first-order valence-electron chi connectivity index (χ1n) is 13.4. The van der Waals surface area contributed by atoms with Gasteiger partial charge < -0.3 is 14.7 Å². The summed E-state index contributed by atoms with van der Waals surface area (Å²) in [5, 5.41) is 15.9. The summed E-state index contributed by atoms with van der Waals surface area (Å²) in [6, 6.07) is 14.0. The van der Waals surface area contributed by atoms with Crippen LogP contribution in [0.2, 0.25) is 0 Å². The number of fused-ring (bicyclic) bond motifs is 1. The summed E-state index contributed by atoms with van der Waals surface area (Å²) in [6.45, 7) is 3.35. The van der Waals surface area contributed by atoms with E-state index in [1.54, 1.807) is 34.2 Å². The maximum atomic E-state index is 14.3. The Morgan fingerprint density at radius 3 is 2.45 bits per heavy atom. The number of piperazine rings is 1. The maximum absolute atomic E-state index is 14.3. The Morgan fingerprint density at radius 2 is 1.83 bits per heavy atom. The van der Waals surface area contributed by atoms with Crippen molar-refractivity contribution in [3.8, 4) is 17.0 Å². The Balaban J connectivity index is 1.27. The van der Waals surface area contributed by atoms with Crippen molar-refractivity contribution in [2.45, 2.75) is 19.1 Å². The smallest absolute Gasteiger partial charge is 0.433 e. The minimum absolute atomic E-state index is 0.00592. The third-order valence-electron chi connectivity index (χ3n) is 7.76. The quantitative estimate of drug-likeness (QED) is 0.328. The summed E-state index contributed by atoms with van der Waals surface area (Å²) in [4.78, 5) is 27.1. The highest BCUT2D eigenvalue weighted by atomic mass is 19.4. The molecule has 2 aliphatic heterocycles. The molecule has 0 unspecified atom stereocenters. The van der Waals surface area contributed by atoms with E-state index < -0.39 is 17.8 Å². The van der Waals surface area contributed by atoms with Crippen LogP contribution in [0.3, 0.4) is 0 Å². The van der Waals surface area contributed by atoms with E-state index in [0.717, 1.165) is 17.4 Å². The zero-order chi connectivity index (χ0) is 29.6. The van der Waals surface area contributed by atoms with Crippen LogP contribution in [0.25, 0.3) is 16.9 Å². The van der Waals surface area contributed by atoms with Crippen LogP contribution in [-0.2, 0) is 11.0 Å². The Labute approximate surface area is 239 Å². The molecule has 4 heterocycles. The summed E-state index contributed by atoms with van der Waals surface area (Å²) in [6.07, 6.45) is -3.58. The second-order valence-corrected chi connectivity index (χ2v) is 10.2. The van der Waals surface area contributed by atoms with Gasteiger partial charge in [-0.2, -0.15) is 18.3 Å². The average Bonchev–Trinajstić information content (AvgIpc) is 3.77. The molecular weight excluding hydrogens is 553 g/mol. The number of carbonyl (C=O) groups is 1. The molecule has 0 spiro atoms. The highest BCUT2D eigenvalue weighted by molar-refractivity contribution is 6.00. The molecule has 2 aromatic carbocycles. The minimum atomic E-state index is -4.73. The molecule has 2 aliphatic rings. The van der Waals surface area contributed by atoms with Crippen LogP contribution in [0.4, 0.5) is 18.9 Å². The van der Waals surface area contributed by atoms with Gasteiger partial charge in [0.1, 0.15) is 11.3 Å². The molecule has 2 fully saturated rings. The van der Waals surface area contributed by atoms with Crippen LogP contribution in [0, 0.1) is 6.92 Å². The Bertz CT molecular complexity index is 1610. The molecule has 0 bridgehead atoms. The van der Waals surface area contributed by atoms with Gasteiger partial charge in [0.15, 0.2) is 18.1 Å². The second-order valence-electron chi connectivity index (χ2n) is 10.2. The molecule has 4 aromatic rings. The van der Waals surface area contributed by atoms with E-state index in [9.17, 15) is 23.1 Å². The number of anilines is 1. The number of alkyl halides is 3. The number of aromatic nitrogens is 3.